The van der Waals surface area contributed by atoms with Crippen molar-refractivity contribution in [3.63, 3.8) is 0 Å². The van der Waals surface area contributed by atoms with Crippen LogP contribution in [-0.2, 0) is 34.2 Å². The molecule has 0 aromatic heterocycles. The maximum Gasteiger partial charge on any atom is 0.411 e. The number of carboxylic acids is 1. The molecule has 13 nitrogen and oxygen atoms in total. The van der Waals surface area contributed by atoms with Gasteiger partial charge in [0.2, 0.25) is 12.9 Å². The lowest BCUT2D eigenvalue weighted by atomic mass is 10.0. The number of amides is 3. The van der Waals surface area contributed by atoms with E-state index in [0.29, 0.717) is 17.7 Å². The average molecular weight is 767 g/mol. The van der Waals surface area contributed by atoms with Crippen LogP contribution in [0.5, 0.6) is 0 Å². The molecule has 0 saturated carbocycles. The van der Waals surface area contributed by atoms with Gasteiger partial charge in [-0.3, -0.25) is 10.1 Å². The van der Waals surface area contributed by atoms with Crippen molar-refractivity contribution in [3.05, 3.63) is 89.0 Å². The van der Waals surface area contributed by atoms with Crippen LogP contribution in [0.25, 0.3) is 0 Å². The highest BCUT2D eigenvalue weighted by molar-refractivity contribution is 14.2. The van der Waals surface area contributed by atoms with E-state index in [1.54, 1.807) is 57.2 Å². The van der Waals surface area contributed by atoms with Crippen LogP contribution in [0, 0.1) is 0 Å². The van der Waals surface area contributed by atoms with Crippen molar-refractivity contribution in [1.29, 1.82) is 0 Å². The number of aliphatic carboxylic acids is 1. The number of halogens is 1. The molecule has 0 aliphatic heterocycles. The molecule has 1 atom stereocenters. The quantitative estimate of drug-likeness (QED) is 0.139. The Kier molecular flexibility index (Phi) is 12.0. The highest BCUT2D eigenvalue weighted by atomic mass is 127. The first-order chi connectivity index (χ1) is 21.4. The predicted octanol–water partition coefficient (Wildman–Crippen LogP) is 5.31. The van der Waals surface area contributed by atoms with Gasteiger partial charge in [-0.05, 0) is 73.9 Å². The minimum Gasteiger partial charge on any atom is -0.479 e. The summed E-state index contributed by atoms with van der Waals surface area (Å²) in [5, 5.41) is 15.2. The minimum atomic E-state index is -3.67. The van der Waals surface area contributed by atoms with E-state index in [1.165, 1.54) is 63.5 Å². The molecule has 1 unspecified atom stereocenters. The van der Waals surface area contributed by atoms with Gasteiger partial charge in [-0.1, -0.05) is 30.3 Å². The van der Waals surface area contributed by atoms with Crippen molar-refractivity contribution in [2.45, 2.75) is 50.3 Å². The van der Waals surface area contributed by atoms with Gasteiger partial charge in [0.15, 0.2) is 6.04 Å². The number of primary amides is 1. The van der Waals surface area contributed by atoms with Crippen molar-refractivity contribution in [3.8, 4) is 0 Å². The van der Waals surface area contributed by atoms with Crippen molar-refractivity contribution in [1.82, 2.24) is 4.90 Å². The van der Waals surface area contributed by atoms with Gasteiger partial charge < -0.3 is 30.5 Å². The molecule has 0 spiro atoms. The molecule has 0 aliphatic carbocycles. The van der Waals surface area contributed by atoms with Crippen LogP contribution >= 0.6 is 21.2 Å². The molecule has 3 aromatic carbocycles. The van der Waals surface area contributed by atoms with E-state index >= 15 is 0 Å². The number of nitrogens with zero attached hydrogens (tertiary/aromatic N) is 1. The summed E-state index contributed by atoms with van der Waals surface area (Å²) in [7, 11) is -2.20. The smallest absolute Gasteiger partial charge is 0.411 e. The fraction of sp³-hybridized carbons (Fsp3) is 0.290. The van der Waals surface area contributed by atoms with Gasteiger partial charge >= 0.3 is 18.2 Å². The molecule has 3 amide bonds. The zero-order valence-corrected chi connectivity index (χ0v) is 28.5. The monoisotopic (exact) mass is 766 g/mol. The van der Waals surface area contributed by atoms with Gasteiger partial charge in [0.05, 0.1) is 39.3 Å². The Morgan fingerprint density at radius 2 is 1.67 bits per heavy atom. The zero-order valence-electron chi connectivity index (χ0n) is 25.6. The Balaban J connectivity index is 1.61. The number of carbonyl (C=O) groups excluding carboxylic acids is 3. The fourth-order valence-corrected chi connectivity index (χ4v) is 6.14. The fourth-order valence-electron chi connectivity index (χ4n) is 4.19. The van der Waals surface area contributed by atoms with E-state index in [1.807, 2.05) is 0 Å². The van der Waals surface area contributed by atoms with E-state index < -0.39 is 42.7 Å². The van der Waals surface area contributed by atoms with Gasteiger partial charge in [0.1, 0.15) is 5.60 Å². The summed E-state index contributed by atoms with van der Waals surface area (Å²) >= 11 is 1.31. The molecule has 3 rings (SSSR count). The van der Waals surface area contributed by atoms with Crippen molar-refractivity contribution >= 4 is 63.7 Å². The Bertz CT molecular complexity index is 1710. The number of carboxylic acid groups (broad SMARTS) is 1. The van der Waals surface area contributed by atoms with Crippen molar-refractivity contribution < 1.29 is 42.2 Å². The van der Waals surface area contributed by atoms with E-state index in [-0.39, 0.29) is 34.9 Å². The number of rotatable bonds is 12. The molecule has 0 fully saturated rings. The summed E-state index contributed by atoms with van der Waals surface area (Å²) in [5.74, 6) is -1.76. The van der Waals surface area contributed by atoms with Crippen LogP contribution in [0.3, 0.4) is 0 Å². The molecular weight excluding hydrogens is 731 g/mol. The van der Waals surface area contributed by atoms with E-state index in [4.69, 9.17) is 15.2 Å². The summed E-state index contributed by atoms with van der Waals surface area (Å²) in [6.45, 7) is 5.06. The summed E-state index contributed by atoms with van der Waals surface area (Å²) in [6.07, 6.45) is -1.08. The lowest BCUT2D eigenvalue weighted by Crippen LogP contribution is -2.34. The van der Waals surface area contributed by atoms with Crippen LogP contribution in [0.4, 0.5) is 21.0 Å². The number of ether oxygens (including phenoxy) is 2. The molecule has 0 saturated heterocycles. The van der Waals surface area contributed by atoms with Crippen molar-refractivity contribution in [2.24, 2.45) is 5.73 Å². The van der Waals surface area contributed by atoms with E-state index in [0.717, 1.165) is 5.56 Å². The maximum absolute atomic E-state index is 12.5. The molecular formula is C31H35IN4O9S. The maximum atomic E-state index is 12.5. The van der Waals surface area contributed by atoms with Crippen LogP contribution in [0.15, 0.2) is 71.6 Å². The topological polar surface area (TPSA) is 194 Å². The molecule has 0 bridgehead atoms. The number of nitrogens with one attached hydrogen (secondary N) is 2. The molecule has 0 aliphatic rings. The summed E-state index contributed by atoms with van der Waals surface area (Å²) < 4.78 is 35.3. The van der Waals surface area contributed by atoms with Crippen molar-refractivity contribution in [2.75, 3.05) is 24.3 Å². The van der Waals surface area contributed by atoms with Gasteiger partial charge in [0.25, 0.3) is 0 Å². The number of nitrogens with two attached hydrogens (primary N) is 1. The first-order valence-corrected chi connectivity index (χ1v) is 17.9. The Morgan fingerprint density at radius 3 is 2.26 bits per heavy atom. The van der Waals surface area contributed by atoms with Crippen LogP contribution in [0.2, 0.25) is 0 Å². The SMILES string of the molecule is CN(Cc1cc(NC(=O)OCCc2ccc(C(Nc3cccc(C(N)=O)c3)C(=O)O)cc2)ccc1S(=O)(=O)I)C(=O)OC(C)(C)C. The third-order valence-corrected chi connectivity index (χ3v) is 8.67. The van der Waals surface area contributed by atoms with Gasteiger partial charge in [0, 0.05) is 30.4 Å². The number of anilines is 2. The summed E-state index contributed by atoms with van der Waals surface area (Å²) in [4.78, 5) is 49.6. The molecule has 46 heavy (non-hydrogen) atoms. The molecule has 3 aromatic rings. The number of carbonyl (C=O) groups is 4. The minimum absolute atomic E-state index is 0.000150. The Labute approximate surface area is 278 Å². The normalized spacial score (nSPS) is 12.0. The molecule has 246 valence electrons. The lowest BCUT2D eigenvalue weighted by Gasteiger charge is -2.25. The second kappa shape index (κ2) is 15.3. The summed E-state index contributed by atoms with van der Waals surface area (Å²) in [6, 6.07) is 16.0. The highest BCUT2D eigenvalue weighted by Crippen LogP contribution is 2.27. The van der Waals surface area contributed by atoms with Crippen LogP contribution in [-0.4, -0.2) is 61.7 Å². The third kappa shape index (κ3) is 10.9. The number of hydrogen-bond donors (Lipinski definition) is 4. The van der Waals surface area contributed by atoms with E-state index in [9.17, 15) is 32.7 Å². The summed E-state index contributed by atoms with van der Waals surface area (Å²) in [5.41, 5.74) is 7.01. The molecule has 0 radical (unpaired) electrons. The second-order valence-electron chi connectivity index (χ2n) is 11.2. The first kappa shape index (κ1) is 36.1. The second-order valence-corrected chi connectivity index (χ2v) is 16.0. The Hall–Kier alpha value is -4.38. The first-order valence-electron chi connectivity index (χ1n) is 13.9. The van der Waals surface area contributed by atoms with E-state index in [2.05, 4.69) is 10.6 Å². The van der Waals surface area contributed by atoms with Gasteiger partial charge in [-0.25, -0.2) is 22.8 Å². The number of hydrogen-bond acceptors (Lipinski definition) is 9. The van der Waals surface area contributed by atoms with Gasteiger partial charge in [-0.15, -0.1) is 0 Å². The van der Waals surface area contributed by atoms with Gasteiger partial charge in [-0.2, -0.15) is 0 Å². The third-order valence-electron chi connectivity index (χ3n) is 6.32. The highest BCUT2D eigenvalue weighted by Gasteiger charge is 2.23. The Morgan fingerprint density at radius 1 is 1.00 bits per heavy atom. The van der Waals surface area contributed by atoms with Crippen LogP contribution < -0.4 is 16.4 Å². The standard InChI is InChI=1S/C31H35IN4O9S/c1-31(2,3)45-30(41)36(4)18-22-17-24(12-13-25(22)46(32,42)43)35-29(40)44-15-14-19-8-10-20(11-9-19)26(28(38)39)34-23-7-5-6-21(16-23)27(33)37/h5-13,16-17,26,34H,14-15,18H2,1-4H3,(H2,33,37)(H,35,40)(H,38,39). The predicted molar refractivity (Wildman–Crippen MR) is 179 cm³/mol. The zero-order chi connectivity index (χ0) is 34.2. The average Bonchev–Trinajstić information content (AvgIpc) is 2.95. The lowest BCUT2D eigenvalue weighted by molar-refractivity contribution is -0.138. The number of benzene rings is 3. The molecule has 15 heteroatoms. The van der Waals surface area contributed by atoms with Crippen LogP contribution in [0.1, 0.15) is 53.9 Å². The molecule has 5 N–H and O–H groups in total. The largest absolute Gasteiger partial charge is 0.479 e. The molecule has 0 heterocycles.